The van der Waals surface area contributed by atoms with Gasteiger partial charge in [0.15, 0.2) is 0 Å². The van der Waals surface area contributed by atoms with E-state index in [9.17, 15) is 0 Å². The first kappa shape index (κ1) is 12.2. The molecule has 3 nitrogen and oxygen atoms in total. The van der Waals surface area contributed by atoms with Gasteiger partial charge in [-0.2, -0.15) is 0 Å². The molecule has 2 aromatic rings. The van der Waals surface area contributed by atoms with Crippen molar-refractivity contribution in [2.75, 3.05) is 18.5 Å². The molecule has 0 atom stereocenters. The zero-order chi connectivity index (χ0) is 13.2. The molecular formula is C16H19N3. The van der Waals surface area contributed by atoms with Crippen LogP contribution < -0.4 is 10.2 Å². The van der Waals surface area contributed by atoms with Gasteiger partial charge in [0.2, 0.25) is 0 Å². The number of nitrogens with one attached hydrogen (secondary N) is 1. The van der Waals surface area contributed by atoms with Crippen molar-refractivity contribution in [3.63, 3.8) is 0 Å². The quantitative estimate of drug-likeness (QED) is 0.911. The normalized spacial score (nSPS) is 13.7. The highest BCUT2D eigenvalue weighted by atomic mass is 15.2. The zero-order valence-electron chi connectivity index (χ0n) is 11.5. The molecule has 1 N–H and O–H groups in total. The molecule has 0 unspecified atom stereocenters. The predicted octanol–water partition coefficient (Wildman–Crippen LogP) is 2.80. The second-order valence-electron chi connectivity index (χ2n) is 5.04. The summed E-state index contributed by atoms with van der Waals surface area (Å²) in [5.74, 6) is 1.07. The number of hydrogen-bond donors (Lipinski definition) is 1. The number of benzene rings is 1. The molecule has 0 amide bonds. The lowest BCUT2D eigenvalue weighted by Gasteiger charge is -2.19. The summed E-state index contributed by atoms with van der Waals surface area (Å²) in [6, 6.07) is 12.9. The fourth-order valence-electron chi connectivity index (χ4n) is 2.74. The fraction of sp³-hybridized carbons (Fsp3) is 0.312. The summed E-state index contributed by atoms with van der Waals surface area (Å²) in [4.78, 5) is 7.02. The molecule has 0 radical (unpaired) electrons. The van der Waals surface area contributed by atoms with Gasteiger partial charge in [-0.1, -0.05) is 18.2 Å². The molecule has 0 spiro atoms. The summed E-state index contributed by atoms with van der Waals surface area (Å²) in [6.07, 6.45) is 1.10. The molecule has 98 valence electrons. The number of para-hydroxylation sites is 1. The van der Waals surface area contributed by atoms with Crippen LogP contribution in [0.4, 0.5) is 11.5 Å². The lowest BCUT2D eigenvalue weighted by molar-refractivity contribution is 0.812. The van der Waals surface area contributed by atoms with Gasteiger partial charge in [-0.15, -0.1) is 0 Å². The number of hydrogen-bond acceptors (Lipinski definition) is 3. The second-order valence-corrected chi connectivity index (χ2v) is 5.04. The highest BCUT2D eigenvalue weighted by Crippen LogP contribution is 2.33. The van der Waals surface area contributed by atoms with Gasteiger partial charge in [0.05, 0.1) is 0 Å². The van der Waals surface area contributed by atoms with E-state index in [1.165, 1.54) is 16.8 Å². The Kier molecular flexibility index (Phi) is 3.22. The van der Waals surface area contributed by atoms with Crippen LogP contribution >= 0.6 is 0 Å². The molecule has 3 heteroatoms. The summed E-state index contributed by atoms with van der Waals surface area (Å²) in [5, 5.41) is 3.20. The van der Waals surface area contributed by atoms with E-state index in [4.69, 9.17) is 4.98 Å². The van der Waals surface area contributed by atoms with Crippen LogP contribution in [-0.2, 0) is 13.0 Å². The first-order valence-electron chi connectivity index (χ1n) is 6.75. The third kappa shape index (κ3) is 2.34. The van der Waals surface area contributed by atoms with Crippen molar-refractivity contribution < 1.29 is 0 Å². The third-order valence-electron chi connectivity index (χ3n) is 3.54. The van der Waals surface area contributed by atoms with Gasteiger partial charge in [-0.25, -0.2) is 4.98 Å². The van der Waals surface area contributed by atoms with E-state index in [-0.39, 0.29) is 0 Å². The number of pyridine rings is 1. The van der Waals surface area contributed by atoms with Gasteiger partial charge >= 0.3 is 0 Å². The first-order valence-corrected chi connectivity index (χ1v) is 6.75. The Labute approximate surface area is 114 Å². The summed E-state index contributed by atoms with van der Waals surface area (Å²) in [6.45, 7) is 3.96. The average Bonchev–Trinajstić information content (AvgIpc) is 2.82. The maximum atomic E-state index is 4.70. The molecular weight excluding hydrogens is 234 g/mol. The Bertz CT molecular complexity index is 592. The smallest absolute Gasteiger partial charge is 0.133 e. The van der Waals surface area contributed by atoms with Crippen LogP contribution in [0.2, 0.25) is 0 Å². The van der Waals surface area contributed by atoms with Gasteiger partial charge in [-0.3, -0.25) is 0 Å². The van der Waals surface area contributed by atoms with E-state index >= 15 is 0 Å². The highest BCUT2D eigenvalue weighted by Gasteiger charge is 2.21. The second kappa shape index (κ2) is 5.02. The largest absolute Gasteiger partial charge is 0.326 e. The number of nitrogens with zero attached hydrogens (tertiary/aromatic N) is 2. The molecule has 0 saturated carbocycles. The first-order chi connectivity index (χ1) is 9.28. The minimum atomic E-state index is 0.881. The molecule has 0 fully saturated rings. The summed E-state index contributed by atoms with van der Waals surface area (Å²) >= 11 is 0. The molecule has 0 bridgehead atoms. The molecule has 1 aromatic heterocycles. The van der Waals surface area contributed by atoms with Crippen molar-refractivity contribution in [1.82, 2.24) is 10.3 Å². The lowest BCUT2D eigenvalue weighted by Crippen LogP contribution is -2.16. The standard InChI is InChI=1S/C16H19N3/c1-12-9-13(11-17-2)10-16(18-12)19-8-7-14-5-3-4-6-15(14)19/h3-6,9-10,17H,7-8,11H2,1-2H3. The van der Waals surface area contributed by atoms with Crippen LogP contribution in [0, 0.1) is 6.92 Å². The van der Waals surface area contributed by atoms with Crippen molar-refractivity contribution in [3.05, 3.63) is 53.2 Å². The number of aromatic nitrogens is 1. The molecule has 0 aliphatic carbocycles. The molecule has 1 aliphatic heterocycles. The lowest BCUT2D eigenvalue weighted by atomic mass is 10.2. The Morgan fingerprint density at radius 3 is 2.95 bits per heavy atom. The minimum absolute atomic E-state index is 0.881. The predicted molar refractivity (Wildman–Crippen MR) is 78.9 cm³/mol. The zero-order valence-corrected chi connectivity index (χ0v) is 11.5. The summed E-state index contributed by atoms with van der Waals surface area (Å²) in [5.41, 5.74) is 5.08. The number of fused-ring (bicyclic) bond motifs is 1. The monoisotopic (exact) mass is 253 g/mol. The van der Waals surface area contributed by atoms with E-state index in [0.29, 0.717) is 0 Å². The van der Waals surface area contributed by atoms with Crippen LogP contribution in [0.3, 0.4) is 0 Å². The van der Waals surface area contributed by atoms with Gasteiger partial charge in [0, 0.05) is 24.5 Å². The molecule has 1 aromatic carbocycles. The Morgan fingerprint density at radius 1 is 1.26 bits per heavy atom. The van der Waals surface area contributed by atoms with Crippen molar-refractivity contribution in [1.29, 1.82) is 0 Å². The van der Waals surface area contributed by atoms with Crippen LogP contribution in [0.25, 0.3) is 0 Å². The maximum absolute atomic E-state index is 4.70. The van der Waals surface area contributed by atoms with Crippen molar-refractivity contribution in [2.24, 2.45) is 0 Å². The van der Waals surface area contributed by atoms with Crippen LogP contribution in [0.15, 0.2) is 36.4 Å². The number of anilines is 2. The highest BCUT2D eigenvalue weighted by molar-refractivity contribution is 5.67. The topological polar surface area (TPSA) is 28.2 Å². The molecule has 2 heterocycles. The number of rotatable bonds is 3. The van der Waals surface area contributed by atoms with Gasteiger partial charge in [0.1, 0.15) is 5.82 Å². The Morgan fingerprint density at radius 2 is 2.11 bits per heavy atom. The molecule has 3 rings (SSSR count). The van der Waals surface area contributed by atoms with E-state index < -0.39 is 0 Å². The van der Waals surface area contributed by atoms with Gasteiger partial charge in [0.25, 0.3) is 0 Å². The average molecular weight is 253 g/mol. The van der Waals surface area contributed by atoms with Gasteiger partial charge < -0.3 is 10.2 Å². The van der Waals surface area contributed by atoms with Crippen LogP contribution in [0.5, 0.6) is 0 Å². The van der Waals surface area contributed by atoms with Crippen LogP contribution in [0.1, 0.15) is 16.8 Å². The van der Waals surface area contributed by atoms with Crippen molar-refractivity contribution >= 4 is 11.5 Å². The fourth-order valence-corrected chi connectivity index (χ4v) is 2.74. The summed E-state index contributed by atoms with van der Waals surface area (Å²) < 4.78 is 0. The molecule has 19 heavy (non-hydrogen) atoms. The van der Waals surface area contributed by atoms with Gasteiger partial charge in [-0.05, 0) is 49.7 Å². The van der Waals surface area contributed by atoms with E-state index in [2.05, 4.69) is 53.5 Å². The Balaban J connectivity index is 1.99. The Hall–Kier alpha value is -1.87. The van der Waals surface area contributed by atoms with Crippen LogP contribution in [-0.4, -0.2) is 18.6 Å². The van der Waals surface area contributed by atoms with E-state index in [1.807, 2.05) is 7.05 Å². The van der Waals surface area contributed by atoms with Crippen molar-refractivity contribution in [2.45, 2.75) is 19.9 Å². The SMILES string of the molecule is CNCc1cc(C)nc(N2CCc3ccccc32)c1. The number of aryl methyl sites for hydroxylation is 1. The maximum Gasteiger partial charge on any atom is 0.133 e. The van der Waals surface area contributed by atoms with Crippen molar-refractivity contribution in [3.8, 4) is 0 Å². The molecule has 1 aliphatic rings. The molecule has 0 saturated heterocycles. The van der Waals surface area contributed by atoms with E-state index in [1.54, 1.807) is 0 Å². The third-order valence-corrected chi connectivity index (χ3v) is 3.54. The minimum Gasteiger partial charge on any atom is -0.326 e. The summed E-state index contributed by atoms with van der Waals surface area (Å²) in [7, 11) is 1.97. The van der Waals surface area contributed by atoms with E-state index in [0.717, 1.165) is 31.0 Å².